The molecule has 27 heavy (non-hydrogen) atoms. The molecule has 0 spiro atoms. The molecule has 1 aromatic heterocycles. The first kappa shape index (κ1) is 19.1. The van der Waals surface area contributed by atoms with Gasteiger partial charge in [0.05, 0.1) is 12.0 Å². The zero-order chi connectivity index (χ0) is 19.1. The first-order chi connectivity index (χ1) is 13.2. The zero-order valence-electron chi connectivity index (χ0n) is 14.7. The van der Waals surface area contributed by atoms with Gasteiger partial charge in [0.25, 0.3) is 5.91 Å². The molecule has 138 valence electrons. The van der Waals surface area contributed by atoms with E-state index < -0.39 is 0 Å². The molecule has 6 nitrogen and oxygen atoms in total. The Balaban J connectivity index is 1.60. The molecule has 0 fully saturated rings. The molecule has 1 heterocycles. The Bertz CT molecular complexity index is 925. The maximum absolute atomic E-state index is 12.0. The van der Waals surface area contributed by atoms with Gasteiger partial charge >= 0.3 is 0 Å². The van der Waals surface area contributed by atoms with Gasteiger partial charge in [0.2, 0.25) is 0 Å². The van der Waals surface area contributed by atoms with E-state index in [9.17, 15) is 4.79 Å². The molecule has 0 saturated heterocycles. The van der Waals surface area contributed by atoms with Crippen molar-refractivity contribution in [2.75, 3.05) is 5.75 Å². The average molecular weight is 400 g/mol. The van der Waals surface area contributed by atoms with Gasteiger partial charge in [-0.05, 0) is 36.8 Å². The van der Waals surface area contributed by atoms with Crippen molar-refractivity contribution in [2.24, 2.45) is 5.10 Å². The molecule has 0 atom stereocenters. The lowest BCUT2D eigenvalue weighted by Crippen LogP contribution is -2.20. The minimum atomic E-state index is -0.203. The fourth-order valence-electron chi connectivity index (χ4n) is 2.37. The van der Waals surface area contributed by atoms with Crippen LogP contribution in [-0.2, 0) is 11.3 Å². The van der Waals surface area contributed by atoms with Gasteiger partial charge < -0.3 is 4.57 Å². The molecular weight excluding hydrogens is 382 g/mol. The van der Waals surface area contributed by atoms with Crippen LogP contribution in [0.4, 0.5) is 0 Å². The highest BCUT2D eigenvalue weighted by Crippen LogP contribution is 2.24. The van der Waals surface area contributed by atoms with Crippen LogP contribution in [0.5, 0.6) is 0 Å². The Kier molecular flexibility index (Phi) is 6.62. The van der Waals surface area contributed by atoms with Crippen LogP contribution in [0.2, 0.25) is 5.02 Å². The Labute approximate surface area is 166 Å². The number of nitrogens with zero attached hydrogens (tertiary/aromatic N) is 4. The molecule has 1 amide bonds. The number of hydrogen-bond acceptors (Lipinski definition) is 5. The van der Waals surface area contributed by atoms with E-state index in [-0.39, 0.29) is 11.7 Å². The van der Waals surface area contributed by atoms with Crippen LogP contribution in [0.25, 0.3) is 11.4 Å². The summed E-state index contributed by atoms with van der Waals surface area (Å²) in [6.07, 6.45) is 1.61. The fraction of sp³-hybridized carbons (Fsp3) is 0.158. The summed E-state index contributed by atoms with van der Waals surface area (Å²) in [6.45, 7) is 2.71. The minimum Gasteiger partial charge on any atom is -0.302 e. The van der Waals surface area contributed by atoms with E-state index in [4.69, 9.17) is 11.6 Å². The zero-order valence-corrected chi connectivity index (χ0v) is 16.2. The standard InChI is InChI=1S/C19H18ClN5OS/c1-2-25-18(15-8-10-16(20)11-9-15)23-24-19(25)27-13-17(26)22-21-12-14-6-4-3-5-7-14/h3-12H,2,13H2,1H3,(H,22,26)/b21-12+. The summed E-state index contributed by atoms with van der Waals surface area (Å²) in [4.78, 5) is 12.0. The molecular formula is C19H18ClN5OS. The lowest BCUT2D eigenvalue weighted by atomic mass is 10.2. The summed E-state index contributed by atoms with van der Waals surface area (Å²) in [5.74, 6) is 0.746. The van der Waals surface area contributed by atoms with Gasteiger partial charge in [-0.2, -0.15) is 5.10 Å². The van der Waals surface area contributed by atoms with Gasteiger partial charge in [-0.25, -0.2) is 5.43 Å². The molecule has 0 saturated carbocycles. The molecule has 0 aliphatic heterocycles. The molecule has 0 radical (unpaired) electrons. The van der Waals surface area contributed by atoms with E-state index in [1.54, 1.807) is 6.21 Å². The minimum absolute atomic E-state index is 0.199. The Morgan fingerprint density at radius 1 is 1.19 bits per heavy atom. The molecule has 2 aromatic carbocycles. The number of amides is 1. The molecule has 1 N–H and O–H groups in total. The van der Waals surface area contributed by atoms with Gasteiger partial charge in [-0.15, -0.1) is 10.2 Å². The van der Waals surface area contributed by atoms with E-state index >= 15 is 0 Å². The normalized spacial score (nSPS) is 11.0. The predicted octanol–water partition coefficient (Wildman–Crippen LogP) is 3.86. The van der Waals surface area contributed by atoms with Gasteiger partial charge in [0.1, 0.15) is 0 Å². The summed E-state index contributed by atoms with van der Waals surface area (Å²) >= 11 is 7.26. The van der Waals surface area contributed by atoms with Crippen LogP contribution in [0.15, 0.2) is 64.9 Å². The predicted molar refractivity (Wildman–Crippen MR) is 109 cm³/mol. The van der Waals surface area contributed by atoms with Crippen LogP contribution in [0, 0.1) is 0 Å². The van der Waals surface area contributed by atoms with Gasteiger partial charge in [-0.3, -0.25) is 4.79 Å². The van der Waals surface area contributed by atoms with Crippen LogP contribution < -0.4 is 5.43 Å². The molecule has 3 rings (SSSR count). The van der Waals surface area contributed by atoms with Gasteiger partial charge in [-0.1, -0.05) is 53.7 Å². The first-order valence-corrected chi connectivity index (χ1v) is 9.72. The van der Waals surface area contributed by atoms with Crippen molar-refractivity contribution in [1.82, 2.24) is 20.2 Å². The topological polar surface area (TPSA) is 72.2 Å². The number of halogens is 1. The third kappa shape index (κ3) is 5.18. The van der Waals surface area contributed by atoms with Crippen molar-refractivity contribution < 1.29 is 4.79 Å². The monoisotopic (exact) mass is 399 g/mol. The number of thioether (sulfide) groups is 1. The van der Waals surface area contributed by atoms with E-state index in [2.05, 4.69) is 20.7 Å². The summed E-state index contributed by atoms with van der Waals surface area (Å²) in [7, 11) is 0. The summed E-state index contributed by atoms with van der Waals surface area (Å²) in [5, 5.41) is 13.8. The fourth-order valence-corrected chi connectivity index (χ4v) is 3.29. The van der Waals surface area contributed by atoms with Crippen molar-refractivity contribution in [2.45, 2.75) is 18.6 Å². The third-order valence-electron chi connectivity index (χ3n) is 3.67. The Morgan fingerprint density at radius 2 is 1.93 bits per heavy atom. The second-order valence-corrected chi connectivity index (χ2v) is 6.93. The van der Waals surface area contributed by atoms with Crippen molar-refractivity contribution in [3.63, 3.8) is 0 Å². The molecule has 0 bridgehead atoms. The average Bonchev–Trinajstić information content (AvgIpc) is 3.10. The number of hydrogen-bond donors (Lipinski definition) is 1. The van der Waals surface area contributed by atoms with Crippen molar-refractivity contribution >= 4 is 35.5 Å². The molecule has 0 aliphatic carbocycles. The lowest BCUT2D eigenvalue weighted by Gasteiger charge is -2.07. The van der Waals surface area contributed by atoms with Crippen LogP contribution in [0.3, 0.4) is 0 Å². The van der Waals surface area contributed by atoms with Gasteiger partial charge in [0.15, 0.2) is 11.0 Å². The number of aromatic nitrogens is 3. The van der Waals surface area contributed by atoms with Crippen LogP contribution >= 0.6 is 23.4 Å². The number of carbonyl (C=O) groups excluding carboxylic acids is 1. The SMILES string of the molecule is CCn1c(SCC(=O)N/N=C/c2ccccc2)nnc1-c1ccc(Cl)cc1. The van der Waals surface area contributed by atoms with Gasteiger partial charge in [0, 0.05) is 17.1 Å². The smallest absolute Gasteiger partial charge is 0.250 e. The van der Waals surface area contributed by atoms with Crippen molar-refractivity contribution in [3.05, 3.63) is 65.2 Å². The Morgan fingerprint density at radius 3 is 2.63 bits per heavy atom. The van der Waals surface area contributed by atoms with Crippen LogP contribution in [-0.4, -0.2) is 32.6 Å². The number of hydrazone groups is 1. The van der Waals surface area contributed by atoms with Crippen molar-refractivity contribution in [1.29, 1.82) is 0 Å². The molecule has 8 heteroatoms. The highest BCUT2D eigenvalue weighted by atomic mass is 35.5. The first-order valence-electron chi connectivity index (χ1n) is 8.36. The van der Waals surface area contributed by atoms with E-state index in [0.717, 1.165) is 17.0 Å². The summed E-state index contributed by atoms with van der Waals surface area (Å²) in [6, 6.07) is 17.0. The number of rotatable bonds is 7. The molecule has 0 unspecified atom stereocenters. The third-order valence-corrected chi connectivity index (χ3v) is 4.89. The molecule has 3 aromatic rings. The number of nitrogens with one attached hydrogen (secondary N) is 1. The second kappa shape index (κ2) is 9.34. The number of benzene rings is 2. The van der Waals surface area contributed by atoms with E-state index in [0.29, 0.717) is 16.7 Å². The summed E-state index contributed by atoms with van der Waals surface area (Å²) in [5.41, 5.74) is 4.37. The lowest BCUT2D eigenvalue weighted by molar-refractivity contribution is -0.118. The van der Waals surface area contributed by atoms with Crippen molar-refractivity contribution in [3.8, 4) is 11.4 Å². The molecule has 0 aliphatic rings. The Hall–Kier alpha value is -2.64. The quantitative estimate of drug-likeness (QED) is 0.372. The second-order valence-electron chi connectivity index (χ2n) is 5.55. The summed E-state index contributed by atoms with van der Waals surface area (Å²) < 4.78 is 1.97. The highest BCUT2D eigenvalue weighted by molar-refractivity contribution is 7.99. The highest BCUT2D eigenvalue weighted by Gasteiger charge is 2.14. The van der Waals surface area contributed by atoms with E-state index in [1.165, 1.54) is 11.8 Å². The largest absolute Gasteiger partial charge is 0.302 e. The maximum Gasteiger partial charge on any atom is 0.250 e. The van der Waals surface area contributed by atoms with Crippen LogP contribution in [0.1, 0.15) is 12.5 Å². The maximum atomic E-state index is 12.0. The van der Waals surface area contributed by atoms with E-state index in [1.807, 2.05) is 66.1 Å². The number of carbonyl (C=O) groups is 1.